The first-order chi connectivity index (χ1) is 11.4. The van der Waals surface area contributed by atoms with Crippen molar-refractivity contribution in [3.63, 3.8) is 0 Å². The van der Waals surface area contributed by atoms with E-state index in [-0.39, 0.29) is 6.42 Å². The van der Waals surface area contributed by atoms with Gasteiger partial charge in [-0.3, -0.25) is 4.79 Å². The van der Waals surface area contributed by atoms with Crippen LogP contribution < -0.4 is 4.74 Å². The molecule has 0 fully saturated rings. The molecule has 1 aromatic carbocycles. The molecule has 0 amide bonds. The number of rotatable bonds is 4. The molecule has 0 aliphatic rings. The molecule has 0 unspecified atom stereocenters. The summed E-state index contributed by atoms with van der Waals surface area (Å²) in [5, 5.41) is 9.30. The third-order valence-corrected chi connectivity index (χ3v) is 4.82. The third kappa shape index (κ3) is 2.89. The van der Waals surface area contributed by atoms with Crippen molar-refractivity contribution in [2.75, 3.05) is 7.11 Å². The minimum atomic E-state index is -0.889. The lowest BCUT2D eigenvalue weighted by Gasteiger charge is -2.08. The number of halogens is 1. The molecule has 0 bridgehead atoms. The smallest absolute Gasteiger partial charge is 0.309 e. The number of aliphatic carboxylic acids is 1. The highest BCUT2D eigenvalue weighted by Crippen LogP contribution is 2.30. The molecule has 3 aromatic rings. The van der Waals surface area contributed by atoms with E-state index in [0.29, 0.717) is 11.4 Å². The first-order valence-electron chi connectivity index (χ1n) is 7.44. The normalized spacial score (nSPS) is 11.0. The molecule has 2 heterocycles. The second kappa shape index (κ2) is 6.28. The molecule has 5 nitrogen and oxygen atoms in total. The van der Waals surface area contributed by atoms with Crippen LogP contribution in [0.3, 0.4) is 0 Å². The van der Waals surface area contributed by atoms with Crippen LogP contribution in [0.4, 0.5) is 0 Å². The van der Waals surface area contributed by atoms with E-state index in [4.69, 9.17) is 4.74 Å². The molecule has 0 radical (unpaired) electrons. The van der Waals surface area contributed by atoms with Crippen LogP contribution in [0.1, 0.15) is 16.8 Å². The summed E-state index contributed by atoms with van der Waals surface area (Å²) in [5.74, 6) is -0.0964. The van der Waals surface area contributed by atoms with Crippen molar-refractivity contribution in [1.82, 2.24) is 9.38 Å². The number of carbonyl (C=O) groups is 1. The Balaban J connectivity index is 2.26. The minimum Gasteiger partial charge on any atom is -0.496 e. The zero-order chi connectivity index (χ0) is 17.4. The van der Waals surface area contributed by atoms with E-state index >= 15 is 0 Å². The minimum absolute atomic E-state index is 0.100. The number of hydrogen-bond donors (Lipinski definition) is 1. The van der Waals surface area contributed by atoms with Crippen molar-refractivity contribution >= 4 is 27.5 Å². The van der Waals surface area contributed by atoms with Crippen LogP contribution in [-0.2, 0) is 11.2 Å². The quantitative estimate of drug-likeness (QED) is 0.732. The zero-order valence-electron chi connectivity index (χ0n) is 13.6. The van der Waals surface area contributed by atoms with Crippen LogP contribution in [-0.4, -0.2) is 27.6 Å². The fraction of sp³-hybridized carbons (Fsp3) is 0.222. The summed E-state index contributed by atoms with van der Waals surface area (Å²) >= 11 is 3.50. The van der Waals surface area contributed by atoms with E-state index < -0.39 is 5.97 Å². The fourth-order valence-electron chi connectivity index (χ4n) is 2.78. The van der Waals surface area contributed by atoms with Crippen molar-refractivity contribution < 1.29 is 14.6 Å². The summed E-state index contributed by atoms with van der Waals surface area (Å²) in [4.78, 5) is 16.0. The van der Waals surface area contributed by atoms with E-state index in [9.17, 15) is 9.90 Å². The molecular formula is C18H17BrN2O3. The molecule has 24 heavy (non-hydrogen) atoms. The maximum absolute atomic E-state index is 11.3. The van der Waals surface area contributed by atoms with Gasteiger partial charge in [0.05, 0.1) is 24.9 Å². The van der Waals surface area contributed by atoms with E-state index in [1.165, 1.54) is 0 Å². The Kier molecular flexibility index (Phi) is 4.32. The first kappa shape index (κ1) is 16.5. The Labute approximate surface area is 148 Å². The second-order valence-electron chi connectivity index (χ2n) is 5.69. The summed E-state index contributed by atoms with van der Waals surface area (Å²) in [6.45, 7) is 3.93. The highest BCUT2D eigenvalue weighted by Gasteiger charge is 2.18. The predicted molar refractivity (Wildman–Crippen MR) is 95.7 cm³/mol. The number of imidazole rings is 1. The number of hydrogen-bond acceptors (Lipinski definition) is 3. The molecule has 0 aliphatic heterocycles. The van der Waals surface area contributed by atoms with Crippen molar-refractivity contribution in [1.29, 1.82) is 0 Å². The van der Waals surface area contributed by atoms with Gasteiger partial charge in [-0.1, -0.05) is 0 Å². The average Bonchev–Trinajstić information content (AvgIpc) is 2.85. The van der Waals surface area contributed by atoms with Crippen molar-refractivity contribution in [2.45, 2.75) is 20.3 Å². The van der Waals surface area contributed by atoms with Gasteiger partial charge in [-0.25, -0.2) is 4.98 Å². The van der Waals surface area contributed by atoms with E-state index in [1.807, 2.05) is 48.7 Å². The Morgan fingerprint density at radius 2 is 2.04 bits per heavy atom. The van der Waals surface area contributed by atoms with Gasteiger partial charge in [0.1, 0.15) is 11.4 Å². The molecular weight excluding hydrogens is 372 g/mol. The lowest BCUT2D eigenvalue weighted by molar-refractivity contribution is -0.136. The number of benzene rings is 1. The Morgan fingerprint density at radius 3 is 2.67 bits per heavy atom. The predicted octanol–water partition coefficient (Wildman–Crippen LogP) is 4.02. The molecule has 0 aliphatic carbocycles. The Bertz CT molecular complexity index is 947. The fourth-order valence-corrected chi connectivity index (χ4v) is 3.10. The molecule has 0 saturated carbocycles. The molecule has 1 N–H and O–H groups in total. The molecule has 2 aromatic heterocycles. The molecule has 0 atom stereocenters. The zero-order valence-corrected chi connectivity index (χ0v) is 15.2. The summed E-state index contributed by atoms with van der Waals surface area (Å²) < 4.78 is 8.04. The van der Waals surface area contributed by atoms with Gasteiger partial charge >= 0.3 is 5.97 Å². The topological polar surface area (TPSA) is 63.8 Å². The van der Waals surface area contributed by atoms with Gasteiger partial charge in [0.15, 0.2) is 0 Å². The monoisotopic (exact) mass is 388 g/mol. The van der Waals surface area contributed by atoms with Gasteiger partial charge in [-0.2, -0.15) is 0 Å². The summed E-state index contributed by atoms with van der Waals surface area (Å²) in [6, 6.07) is 7.68. The number of carboxylic acids is 1. The Morgan fingerprint density at radius 1 is 1.29 bits per heavy atom. The molecule has 6 heteroatoms. The number of ether oxygens (including phenoxy) is 1. The van der Waals surface area contributed by atoms with Crippen LogP contribution in [0.2, 0.25) is 0 Å². The van der Waals surface area contributed by atoms with E-state index in [1.54, 1.807) is 7.11 Å². The third-order valence-electron chi connectivity index (χ3n) is 3.99. The lowest BCUT2D eigenvalue weighted by Crippen LogP contribution is -2.05. The first-order valence-corrected chi connectivity index (χ1v) is 8.24. The van der Waals surface area contributed by atoms with Crippen LogP contribution in [0, 0.1) is 13.8 Å². The van der Waals surface area contributed by atoms with Crippen LogP contribution in [0.25, 0.3) is 16.9 Å². The van der Waals surface area contributed by atoms with Gasteiger partial charge in [-0.05, 0) is 65.2 Å². The summed E-state index contributed by atoms with van der Waals surface area (Å²) in [6.07, 6.45) is 1.77. The summed E-state index contributed by atoms with van der Waals surface area (Å²) in [7, 11) is 1.63. The van der Waals surface area contributed by atoms with Gasteiger partial charge in [0.25, 0.3) is 0 Å². The largest absolute Gasteiger partial charge is 0.496 e. The highest BCUT2D eigenvalue weighted by molar-refractivity contribution is 9.10. The number of methoxy groups -OCH3 is 1. The lowest BCUT2D eigenvalue weighted by atomic mass is 10.1. The van der Waals surface area contributed by atoms with Gasteiger partial charge in [0, 0.05) is 16.2 Å². The SMILES string of the molecule is COc1ccc(-c2nc3cc(C)c(Br)cn3c2CC(=O)O)cc1C. The maximum Gasteiger partial charge on any atom is 0.309 e. The molecule has 0 spiro atoms. The number of carboxylic acid groups (broad SMARTS) is 1. The standard InChI is InChI=1S/C18H17BrN2O3/c1-10-7-16-20-18(12-4-5-15(24-3)11(2)6-12)14(8-17(22)23)21(16)9-13(10)19/h4-7,9H,8H2,1-3H3,(H,22,23). The number of aryl methyl sites for hydroxylation is 2. The highest BCUT2D eigenvalue weighted by atomic mass is 79.9. The van der Waals surface area contributed by atoms with Crippen LogP contribution in [0.15, 0.2) is 34.9 Å². The van der Waals surface area contributed by atoms with E-state index in [0.717, 1.165) is 32.6 Å². The number of aromatic nitrogens is 2. The number of pyridine rings is 1. The van der Waals surface area contributed by atoms with E-state index in [2.05, 4.69) is 20.9 Å². The van der Waals surface area contributed by atoms with Gasteiger partial charge in [-0.15, -0.1) is 0 Å². The molecule has 0 saturated heterocycles. The van der Waals surface area contributed by atoms with Crippen molar-refractivity contribution in [3.8, 4) is 17.0 Å². The number of fused-ring (bicyclic) bond motifs is 1. The van der Waals surface area contributed by atoms with Crippen molar-refractivity contribution in [3.05, 3.63) is 51.8 Å². The van der Waals surface area contributed by atoms with Crippen molar-refractivity contribution in [2.24, 2.45) is 0 Å². The molecule has 124 valence electrons. The maximum atomic E-state index is 11.3. The Hall–Kier alpha value is -2.34. The van der Waals surface area contributed by atoms with Gasteiger partial charge < -0.3 is 14.2 Å². The molecule has 3 rings (SSSR count). The second-order valence-corrected chi connectivity index (χ2v) is 6.55. The van der Waals surface area contributed by atoms with Crippen LogP contribution in [0.5, 0.6) is 5.75 Å². The number of nitrogens with zero attached hydrogens (tertiary/aromatic N) is 2. The average molecular weight is 389 g/mol. The van der Waals surface area contributed by atoms with Gasteiger partial charge in [0.2, 0.25) is 0 Å². The summed E-state index contributed by atoms with van der Waals surface area (Å²) in [5.41, 5.74) is 4.97. The van der Waals surface area contributed by atoms with Crippen LogP contribution >= 0.6 is 15.9 Å².